The Kier molecular flexibility index (Phi) is 3.10. The minimum atomic E-state index is -0.353. The zero-order valence-electron chi connectivity index (χ0n) is 13.3. The quantitative estimate of drug-likeness (QED) is 0.761. The molecule has 3 fully saturated rings. The molecule has 3 aliphatic rings. The van der Waals surface area contributed by atoms with Crippen LogP contribution >= 0.6 is 0 Å². The number of rotatable bonds is 2. The van der Waals surface area contributed by atoms with Crippen molar-refractivity contribution < 1.29 is 5.11 Å². The molecule has 0 saturated heterocycles. The van der Waals surface area contributed by atoms with Gasteiger partial charge < -0.3 is 5.11 Å². The van der Waals surface area contributed by atoms with Gasteiger partial charge in [-0.2, -0.15) is 0 Å². The number of hydrogen-bond donors (Lipinski definition) is 1. The van der Waals surface area contributed by atoms with Gasteiger partial charge in [0.15, 0.2) is 0 Å². The standard InChI is InChI=1S/C18H32O/c1-5-13-8-6-7-10-18(13,19)15-12-14-9-11-17(15,4)16(14,2)3/h13-15,19H,5-12H2,1-4H3/t13?,14-,15-,17+,18?/m0/s1. The maximum atomic E-state index is 11.6. The van der Waals surface area contributed by atoms with Crippen LogP contribution in [0.25, 0.3) is 0 Å². The van der Waals surface area contributed by atoms with Crippen LogP contribution in [0.1, 0.15) is 79.1 Å². The first kappa shape index (κ1) is 13.9. The summed E-state index contributed by atoms with van der Waals surface area (Å²) in [5, 5.41) is 11.6. The minimum absolute atomic E-state index is 0.353. The lowest BCUT2D eigenvalue weighted by molar-refractivity contribution is -0.138. The van der Waals surface area contributed by atoms with E-state index in [0.29, 0.717) is 22.7 Å². The van der Waals surface area contributed by atoms with Crippen LogP contribution < -0.4 is 0 Å². The molecule has 3 rings (SSSR count). The molecule has 2 bridgehead atoms. The Morgan fingerprint density at radius 1 is 1.05 bits per heavy atom. The highest BCUT2D eigenvalue weighted by atomic mass is 16.3. The van der Waals surface area contributed by atoms with E-state index in [1.807, 2.05) is 0 Å². The molecule has 3 aliphatic carbocycles. The smallest absolute Gasteiger partial charge is 0.0709 e. The zero-order valence-corrected chi connectivity index (χ0v) is 13.3. The topological polar surface area (TPSA) is 20.2 Å². The molecular weight excluding hydrogens is 232 g/mol. The molecule has 1 N–H and O–H groups in total. The predicted molar refractivity (Wildman–Crippen MR) is 79.9 cm³/mol. The maximum absolute atomic E-state index is 11.6. The molecule has 0 amide bonds. The van der Waals surface area contributed by atoms with Gasteiger partial charge in [-0.05, 0) is 60.7 Å². The summed E-state index contributed by atoms with van der Waals surface area (Å²) in [4.78, 5) is 0. The average Bonchev–Trinajstić information content (AvgIpc) is 2.71. The summed E-state index contributed by atoms with van der Waals surface area (Å²) in [6.45, 7) is 9.71. The summed E-state index contributed by atoms with van der Waals surface area (Å²) in [5.41, 5.74) is 0.453. The molecule has 0 aliphatic heterocycles. The van der Waals surface area contributed by atoms with E-state index in [1.165, 1.54) is 38.5 Å². The third-order valence-corrected chi connectivity index (χ3v) is 7.98. The molecule has 0 aromatic rings. The number of aliphatic hydroxyl groups is 1. The largest absolute Gasteiger partial charge is 0.389 e. The average molecular weight is 264 g/mol. The van der Waals surface area contributed by atoms with Gasteiger partial charge in [-0.3, -0.25) is 0 Å². The molecule has 2 unspecified atom stereocenters. The summed E-state index contributed by atoms with van der Waals surface area (Å²) in [6.07, 6.45) is 10.1. The molecule has 5 atom stereocenters. The Morgan fingerprint density at radius 2 is 1.79 bits per heavy atom. The lowest BCUT2D eigenvalue weighted by Crippen LogP contribution is -2.53. The SMILES string of the molecule is CCC1CCCCC1(O)[C@H]1C[C@@H]2CC[C@@]1(C)C2(C)C. The van der Waals surface area contributed by atoms with Crippen LogP contribution in [0.15, 0.2) is 0 Å². The molecule has 0 heterocycles. The molecule has 19 heavy (non-hydrogen) atoms. The van der Waals surface area contributed by atoms with Crippen molar-refractivity contribution in [2.45, 2.75) is 84.7 Å². The Hall–Kier alpha value is -0.0400. The highest BCUT2D eigenvalue weighted by molar-refractivity contribution is 5.15. The van der Waals surface area contributed by atoms with Gasteiger partial charge in [0.2, 0.25) is 0 Å². The maximum Gasteiger partial charge on any atom is 0.0709 e. The van der Waals surface area contributed by atoms with Gasteiger partial charge in [-0.25, -0.2) is 0 Å². The third kappa shape index (κ3) is 1.63. The zero-order chi connectivity index (χ0) is 13.9. The molecule has 3 saturated carbocycles. The number of fused-ring (bicyclic) bond motifs is 2. The van der Waals surface area contributed by atoms with Crippen molar-refractivity contribution in [3.8, 4) is 0 Å². The Morgan fingerprint density at radius 3 is 2.32 bits per heavy atom. The Bertz CT molecular complexity index is 361. The summed E-state index contributed by atoms with van der Waals surface area (Å²) in [6, 6.07) is 0. The number of hydrogen-bond acceptors (Lipinski definition) is 1. The molecule has 0 aromatic carbocycles. The van der Waals surface area contributed by atoms with Crippen molar-refractivity contribution in [2.24, 2.45) is 28.6 Å². The van der Waals surface area contributed by atoms with E-state index < -0.39 is 0 Å². The van der Waals surface area contributed by atoms with E-state index in [0.717, 1.165) is 18.8 Å². The molecule has 0 aromatic heterocycles. The van der Waals surface area contributed by atoms with Gasteiger partial charge in [0.05, 0.1) is 5.60 Å². The molecule has 0 spiro atoms. The molecule has 1 heteroatoms. The van der Waals surface area contributed by atoms with E-state index in [4.69, 9.17) is 0 Å². The van der Waals surface area contributed by atoms with Crippen molar-refractivity contribution in [3.63, 3.8) is 0 Å². The van der Waals surface area contributed by atoms with Gasteiger partial charge in [0.25, 0.3) is 0 Å². The second kappa shape index (κ2) is 4.23. The fourth-order valence-corrected chi connectivity index (χ4v) is 6.23. The fourth-order valence-electron chi connectivity index (χ4n) is 6.23. The van der Waals surface area contributed by atoms with Crippen molar-refractivity contribution in [1.29, 1.82) is 0 Å². The van der Waals surface area contributed by atoms with E-state index in [9.17, 15) is 5.11 Å². The first-order valence-corrected chi connectivity index (χ1v) is 8.58. The van der Waals surface area contributed by atoms with E-state index in [-0.39, 0.29) is 5.60 Å². The monoisotopic (exact) mass is 264 g/mol. The van der Waals surface area contributed by atoms with Crippen LogP contribution in [-0.4, -0.2) is 10.7 Å². The van der Waals surface area contributed by atoms with Crippen LogP contribution in [-0.2, 0) is 0 Å². The van der Waals surface area contributed by atoms with Crippen LogP contribution in [0.3, 0.4) is 0 Å². The summed E-state index contributed by atoms with van der Waals surface area (Å²) >= 11 is 0. The first-order chi connectivity index (χ1) is 8.86. The van der Waals surface area contributed by atoms with Crippen LogP contribution in [0.4, 0.5) is 0 Å². The highest BCUT2D eigenvalue weighted by Crippen LogP contribution is 2.71. The van der Waals surface area contributed by atoms with Gasteiger partial charge in [-0.1, -0.05) is 47.0 Å². The second-order valence-corrected chi connectivity index (χ2v) is 8.51. The van der Waals surface area contributed by atoms with Crippen LogP contribution in [0.2, 0.25) is 0 Å². The van der Waals surface area contributed by atoms with Crippen LogP contribution in [0.5, 0.6) is 0 Å². The molecule has 0 radical (unpaired) electrons. The summed E-state index contributed by atoms with van der Waals surface area (Å²) in [5.74, 6) is 1.96. The van der Waals surface area contributed by atoms with E-state index >= 15 is 0 Å². The highest BCUT2D eigenvalue weighted by Gasteiger charge is 2.66. The van der Waals surface area contributed by atoms with E-state index in [2.05, 4.69) is 27.7 Å². The Labute approximate surface area is 119 Å². The molecular formula is C18H32O. The normalized spacial score (nSPS) is 52.6. The van der Waals surface area contributed by atoms with Crippen LogP contribution in [0, 0.1) is 28.6 Å². The van der Waals surface area contributed by atoms with Gasteiger partial charge >= 0.3 is 0 Å². The lowest BCUT2D eigenvalue weighted by Gasteiger charge is -2.52. The second-order valence-electron chi connectivity index (χ2n) is 8.51. The van der Waals surface area contributed by atoms with Gasteiger partial charge in [0.1, 0.15) is 0 Å². The fraction of sp³-hybridized carbons (Fsp3) is 1.00. The van der Waals surface area contributed by atoms with Crippen molar-refractivity contribution in [3.05, 3.63) is 0 Å². The lowest BCUT2D eigenvalue weighted by atomic mass is 9.56. The predicted octanol–water partition coefficient (Wildman–Crippen LogP) is 4.78. The first-order valence-electron chi connectivity index (χ1n) is 8.58. The Balaban J connectivity index is 1.94. The van der Waals surface area contributed by atoms with Crippen molar-refractivity contribution >= 4 is 0 Å². The summed E-state index contributed by atoms with van der Waals surface area (Å²) < 4.78 is 0. The van der Waals surface area contributed by atoms with Gasteiger partial charge in [-0.15, -0.1) is 0 Å². The minimum Gasteiger partial charge on any atom is -0.389 e. The van der Waals surface area contributed by atoms with E-state index in [1.54, 1.807) is 0 Å². The molecule has 110 valence electrons. The molecule has 1 nitrogen and oxygen atoms in total. The van der Waals surface area contributed by atoms with Crippen molar-refractivity contribution in [1.82, 2.24) is 0 Å². The third-order valence-electron chi connectivity index (χ3n) is 7.98. The summed E-state index contributed by atoms with van der Waals surface area (Å²) in [7, 11) is 0. The van der Waals surface area contributed by atoms with Gasteiger partial charge in [0, 0.05) is 0 Å². The van der Waals surface area contributed by atoms with Crippen molar-refractivity contribution in [2.75, 3.05) is 0 Å².